The molecule has 124 valence electrons. The van der Waals surface area contributed by atoms with Crippen molar-refractivity contribution in [2.75, 3.05) is 5.32 Å². The lowest BCUT2D eigenvalue weighted by Gasteiger charge is -2.26. The van der Waals surface area contributed by atoms with Crippen molar-refractivity contribution in [2.24, 2.45) is 0 Å². The highest BCUT2D eigenvalue weighted by molar-refractivity contribution is 5.93. The molecule has 23 heavy (non-hydrogen) atoms. The molecular formula is C20H27ClN2. The largest absolute Gasteiger partial charge is 0.381 e. The molecular weight excluding hydrogens is 304 g/mol. The Kier molecular flexibility index (Phi) is 5.42. The van der Waals surface area contributed by atoms with Crippen LogP contribution in [0.1, 0.15) is 62.6 Å². The van der Waals surface area contributed by atoms with Crippen LogP contribution in [-0.2, 0) is 12.8 Å². The van der Waals surface area contributed by atoms with Crippen molar-refractivity contribution in [3.63, 3.8) is 0 Å². The number of benzene rings is 1. The summed E-state index contributed by atoms with van der Waals surface area (Å²) < 4.78 is 0. The van der Waals surface area contributed by atoms with E-state index in [9.17, 15) is 0 Å². The zero-order valence-corrected chi connectivity index (χ0v) is 14.6. The highest BCUT2D eigenvalue weighted by Gasteiger charge is 2.20. The predicted molar refractivity (Wildman–Crippen MR) is 101 cm³/mol. The van der Waals surface area contributed by atoms with Gasteiger partial charge in [0, 0.05) is 22.8 Å². The topological polar surface area (TPSA) is 24.9 Å². The van der Waals surface area contributed by atoms with Gasteiger partial charge in [0.2, 0.25) is 0 Å². The first-order valence-electron chi connectivity index (χ1n) is 9.09. The van der Waals surface area contributed by atoms with E-state index in [1.807, 2.05) is 0 Å². The third-order valence-electron chi connectivity index (χ3n) is 5.37. The van der Waals surface area contributed by atoms with Crippen LogP contribution in [0.5, 0.6) is 0 Å². The summed E-state index contributed by atoms with van der Waals surface area (Å²) >= 11 is 0. The van der Waals surface area contributed by atoms with Crippen LogP contribution in [-0.4, -0.2) is 11.0 Å². The number of fused-ring (bicyclic) bond motifs is 2. The molecule has 0 radical (unpaired) electrons. The third kappa shape index (κ3) is 3.47. The normalized spacial score (nSPS) is 18.8. The number of aromatic nitrogens is 1. The quantitative estimate of drug-likeness (QED) is 0.717. The second-order valence-corrected chi connectivity index (χ2v) is 6.97. The van der Waals surface area contributed by atoms with Crippen molar-refractivity contribution >= 4 is 29.0 Å². The van der Waals surface area contributed by atoms with Gasteiger partial charge in [-0.15, -0.1) is 12.4 Å². The molecule has 0 bridgehead atoms. The molecule has 1 saturated carbocycles. The lowest BCUT2D eigenvalue weighted by atomic mass is 9.94. The van der Waals surface area contributed by atoms with E-state index in [-0.39, 0.29) is 12.4 Å². The Balaban J connectivity index is 0.00000156. The highest BCUT2D eigenvalue weighted by Crippen LogP contribution is 2.34. The first-order valence-corrected chi connectivity index (χ1v) is 9.09. The Morgan fingerprint density at radius 1 is 0.870 bits per heavy atom. The average molecular weight is 331 g/mol. The number of halogens is 1. The molecule has 1 fully saturated rings. The Morgan fingerprint density at radius 2 is 1.61 bits per heavy atom. The lowest BCUT2D eigenvalue weighted by Crippen LogP contribution is -2.23. The summed E-state index contributed by atoms with van der Waals surface area (Å²) in [5.74, 6) is 0. The monoisotopic (exact) mass is 330 g/mol. The molecule has 2 nitrogen and oxygen atoms in total. The summed E-state index contributed by atoms with van der Waals surface area (Å²) in [5, 5.41) is 5.27. The Bertz CT molecular complexity index is 662. The van der Waals surface area contributed by atoms with Crippen molar-refractivity contribution in [3.8, 4) is 0 Å². The maximum absolute atomic E-state index is 4.99. The Hall–Kier alpha value is -1.28. The fourth-order valence-electron chi connectivity index (χ4n) is 4.17. The number of pyridine rings is 1. The van der Waals surface area contributed by atoms with Crippen LogP contribution in [0.4, 0.5) is 5.69 Å². The van der Waals surface area contributed by atoms with Crippen LogP contribution in [0.2, 0.25) is 0 Å². The van der Waals surface area contributed by atoms with Crippen LogP contribution in [0, 0.1) is 0 Å². The summed E-state index contributed by atoms with van der Waals surface area (Å²) in [6.45, 7) is 0. The number of para-hydroxylation sites is 1. The minimum Gasteiger partial charge on any atom is -0.381 e. The van der Waals surface area contributed by atoms with Crippen molar-refractivity contribution < 1.29 is 0 Å². The number of nitrogens with zero attached hydrogens (tertiary/aromatic N) is 1. The van der Waals surface area contributed by atoms with E-state index >= 15 is 0 Å². The van der Waals surface area contributed by atoms with Gasteiger partial charge in [0.05, 0.1) is 5.52 Å². The van der Waals surface area contributed by atoms with Crippen LogP contribution in [0.15, 0.2) is 24.3 Å². The number of hydrogen-bond acceptors (Lipinski definition) is 2. The molecule has 0 saturated heterocycles. The summed E-state index contributed by atoms with van der Waals surface area (Å²) in [7, 11) is 0. The summed E-state index contributed by atoms with van der Waals surface area (Å²) in [6.07, 6.45) is 13.1. The molecule has 0 atom stereocenters. The minimum absolute atomic E-state index is 0. The van der Waals surface area contributed by atoms with Gasteiger partial charge in [-0.05, 0) is 50.2 Å². The molecule has 2 aliphatic carbocycles. The SMILES string of the molecule is Cl.c1ccc2c(NC3CCCCC3)c3c(nc2c1)CCCCC3. The van der Waals surface area contributed by atoms with E-state index < -0.39 is 0 Å². The summed E-state index contributed by atoms with van der Waals surface area (Å²) in [5.41, 5.74) is 5.45. The van der Waals surface area contributed by atoms with Gasteiger partial charge in [-0.2, -0.15) is 0 Å². The third-order valence-corrected chi connectivity index (χ3v) is 5.37. The molecule has 1 aromatic heterocycles. The van der Waals surface area contributed by atoms with Gasteiger partial charge in [0.1, 0.15) is 0 Å². The fraction of sp³-hybridized carbons (Fsp3) is 0.550. The fourth-order valence-corrected chi connectivity index (χ4v) is 4.17. The van der Waals surface area contributed by atoms with E-state index in [0.717, 1.165) is 6.42 Å². The molecule has 2 aliphatic rings. The maximum Gasteiger partial charge on any atom is 0.0726 e. The smallest absolute Gasteiger partial charge is 0.0726 e. The molecule has 0 amide bonds. The molecule has 1 aromatic carbocycles. The molecule has 0 spiro atoms. The number of rotatable bonds is 2. The second-order valence-electron chi connectivity index (χ2n) is 6.97. The van der Waals surface area contributed by atoms with Crippen LogP contribution >= 0.6 is 12.4 Å². The van der Waals surface area contributed by atoms with Crippen molar-refractivity contribution in [1.29, 1.82) is 0 Å². The lowest BCUT2D eigenvalue weighted by molar-refractivity contribution is 0.462. The van der Waals surface area contributed by atoms with E-state index in [0.29, 0.717) is 6.04 Å². The maximum atomic E-state index is 4.99. The van der Waals surface area contributed by atoms with Gasteiger partial charge in [-0.1, -0.05) is 43.9 Å². The van der Waals surface area contributed by atoms with Gasteiger partial charge in [-0.25, -0.2) is 0 Å². The highest BCUT2D eigenvalue weighted by atomic mass is 35.5. The van der Waals surface area contributed by atoms with E-state index in [1.165, 1.54) is 85.6 Å². The molecule has 0 aliphatic heterocycles. The molecule has 1 N–H and O–H groups in total. The average Bonchev–Trinajstić information content (AvgIpc) is 2.81. The second kappa shape index (κ2) is 7.53. The molecule has 3 heteroatoms. The van der Waals surface area contributed by atoms with Gasteiger partial charge < -0.3 is 5.32 Å². The Labute approximate surface area is 145 Å². The van der Waals surface area contributed by atoms with Crippen LogP contribution in [0.3, 0.4) is 0 Å². The van der Waals surface area contributed by atoms with E-state index in [2.05, 4.69) is 29.6 Å². The van der Waals surface area contributed by atoms with Crippen molar-refractivity contribution in [1.82, 2.24) is 4.98 Å². The van der Waals surface area contributed by atoms with Crippen LogP contribution in [0.25, 0.3) is 10.9 Å². The summed E-state index contributed by atoms with van der Waals surface area (Å²) in [6, 6.07) is 9.35. The molecule has 2 aromatic rings. The zero-order chi connectivity index (χ0) is 14.8. The number of aryl methyl sites for hydroxylation is 1. The number of hydrogen-bond donors (Lipinski definition) is 1. The first kappa shape index (κ1) is 16.6. The molecule has 0 unspecified atom stereocenters. The zero-order valence-electron chi connectivity index (χ0n) is 13.8. The first-order chi connectivity index (χ1) is 10.9. The summed E-state index contributed by atoms with van der Waals surface area (Å²) in [4.78, 5) is 4.99. The van der Waals surface area contributed by atoms with E-state index in [1.54, 1.807) is 0 Å². The Morgan fingerprint density at radius 3 is 2.48 bits per heavy atom. The predicted octanol–water partition coefficient (Wildman–Crippen LogP) is 5.67. The number of anilines is 1. The standard InChI is InChI=1S/C20H26N2.ClH/c1-3-9-15(10-4-1)21-20-16-11-5-2-6-13-18(16)22-19-14-8-7-12-17(19)20;/h7-8,12,14-15H,1-6,9-11,13H2,(H,21,22);1H. The van der Waals surface area contributed by atoms with E-state index in [4.69, 9.17) is 4.98 Å². The molecule has 1 heterocycles. The van der Waals surface area contributed by atoms with Crippen molar-refractivity contribution in [3.05, 3.63) is 35.5 Å². The van der Waals surface area contributed by atoms with Gasteiger partial charge in [-0.3, -0.25) is 4.98 Å². The number of nitrogens with one attached hydrogen (secondary N) is 1. The van der Waals surface area contributed by atoms with Gasteiger partial charge in [0.25, 0.3) is 0 Å². The van der Waals surface area contributed by atoms with Crippen molar-refractivity contribution in [2.45, 2.75) is 70.3 Å². The van der Waals surface area contributed by atoms with Gasteiger partial charge >= 0.3 is 0 Å². The van der Waals surface area contributed by atoms with Gasteiger partial charge in [0.15, 0.2) is 0 Å². The van der Waals surface area contributed by atoms with Crippen LogP contribution < -0.4 is 5.32 Å². The molecule has 4 rings (SSSR count). The minimum atomic E-state index is 0.